The van der Waals surface area contributed by atoms with Crippen LogP contribution in [0.2, 0.25) is 0 Å². The van der Waals surface area contributed by atoms with Crippen LogP contribution in [0.3, 0.4) is 0 Å². The van der Waals surface area contributed by atoms with Gasteiger partial charge in [0.1, 0.15) is 12.1 Å². The van der Waals surface area contributed by atoms with Crippen LogP contribution in [-0.4, -0.2) is 41.6 Å². The third-order valence-electron chi connectivity index (χ3n) is 7.17. The van der Waals surface area contributed by atoms with E-state index in [1.54, 1.807) is 0 Å². The molecule has 0 aliphatic rings. The second-order valence-electron chi connectivity index (χ2n) is 10.9. The summed E-state index contributed by atoms with van der Waals surface area (Å²) >= 11 is 0. The minimum atomic E-state index is -1.01. The van der Waals surface area contributed by atoms with Gasteiger partial charge in [-0.05, 0) is 57.9 Å². The van der Waals surface area contributed by atoms with Crippen LogP contribution < -0.4 is 11.1 Å². The number of nitrogens with one attached hydrogen (secondary N) is 1. The molecular weight excluding hydrogens is 480 g/mol. The summed E-state index contributed by atoms with van der Waals surface area (Å²) in [6.07, 6.45) is 22.9. The van der Waals surface area contributed by atoms with Crippen molar-refractivity contribution >= 4 is 17.8 Å². The topological polar surface area (TPSA) is 119 Å². The molecule has 7 nitrogen and oxygen atoms in total. The van der Waals surface area contributed by atoms with Crippen LogP contribution in [0.4, 0.5) is 0 Å². The minimum Gasteiger partial charge on any atom is -0.480 e. The van der Waals surface area contributed by atoms with E-state index >= 15 is 0 Å². The van der Waals surface area contributed by atoms with E-state index in [2.05, 4.69) is 19.2 Å². The van der Waals surface area contributed by atoms with Crippen LogP contribution in [0.15, 0.2) is 0 Å². The van der Waals surface area contributed by atoms with Crippen molar-refractivity contribution in [3.63, 3.8) is 0 Å². The second kappa shape index (κ2) is 27.0. The number of aliphatic carboxylic acids is 1. The van der Waals surface area contributed by atoms with Gasteiger partial charge in [0.15, 0.2) is 0 Å². The molecule has 0 fully saturated rings. The molecule has 1 amide bonds. The van der Waals surface area contributed by atoms with E-state index in [9.17, 15) is 19.5 Å². The quantitative estimate of drug-likeness (QED) is 0.0701. The zero-order valence-electron chi connectivity index (χ0n) is 24.8. The highest BCUT2D eigenvalue weighted by Gasteiger charge is 2.19. The number of carboxylic acids is 1. The molecule has 0 aromatic carbocycles. The Labute approximate surface area is 233 Å². The van der Waals surface area contributed by atoms with Crippen molar-refractivity contribution in [1.29, 1.82) is 0 Å². The van der Waals surface area contributed by atoms with Gasteiger partial charge >= 0.3 is 11.9 Å². The number of unbranched alkanes of at least 4 members (excludes halogenated alkanes) is 14. The van der Waals surface area contributed by atoms with Crippen molar-refractivity contribution in [2.24, 2.45) is 5.73 Å². The van der Waals surface area contributed by atoms with E-state index < -0.39 is 12.0 Å². The fourth-order valence-corrected chi connectivity index (χ4v) is 4.74. The van der Waals surface area contributed by atoms with Gasteiger partial charge in [0.05, 0.1) is 0 Å². The molecule has 0 radical (unpaired) electrons. The van der Waals surface area contributed by atoms with Gasteiger partial charge in [-0.25, -0.2) is 4.79 Å². The number of hydrogen-bond acceptors (Lipinski definition) is 5. The number of hydrogen-bond donors (Lipinski definition) is 3. The molecule has 0 bridgehead atoms. The van der Waals surface area contributed by atoms with Crippen molar-refractivity contribution in [3.8, 4) is 0 Å². The lowest BCUT2D eigenvalue weighted by atomic mass is 10.0. The molecule has 2 unspecified atom stereocenters. The van der Waals surface area contributed by atoms with Gasteiger partial charge in [-0.1, -0.05) is 97.3 Å². The number of carboxylic acid groups (broad SMARTS) is 1. The lowest BCUT2D eigenvalue weighted by Gasteiger charge is -2.18. The van der Waals surface area contributed by atoms with Gasteiger partial charge in [-0.3, -0.25) is 9.59 Å². The largest absolute Gasteiger partial charge is 0.480 e. The van der Waals surface area contributed by atoms with Crippen LogP contribution in [0.5, 0.6) is 0 Å². The van der Waals surface area contributed by atoms with Gasteiger partial charge in [-0.15, -0.1) is 0 Å². The molecule has 0 saturated heterocycles. The SMILES string of the molecule is CCCCCCCCCC(=O)OC(CCCCCCCC)CCCCCCC(=O)NC(CCCN)C(=O)O. The predicted octanol–water partition coefficient (Wildman–Crippen LogP) is 7.44. The van der Waals surface area contributed by atoms with E-state index in [0.29, 0.717) is 32.2 Å². The first-order valence-corrected chi connectivity index (χ1v) is 15.9. The van der Waals surface area contributed by atoms with Gasteiger partial charge in [-0.2, -0.15) is 0 Å². The average Bonchev–Trinajstić information content (AvgIpc) is 2.89. The summed E-state index contributed by atoms with van der Waals surface area (Å²) in [6, 6.07) is -0.857. The molecular formula is C31H60N2O5. The smallest absolute Gasteiger partial charge is 0.326 e. The first-order valence-electron chi connectivity index (χ1n) is 15.9. The number of amides is 1. The summed E-state index contributed by atoms with van der Waals surface area (Å²) in [5, 5.41) is 11.8. The predicted molar refractivity (Wildman–Crippen MR) is 156 cm³/mol. The first kappa shape index (κ1) is 36.4. The third-order valence-corrected chi connectivity index (χ3v) is 7.17. The Hall–Kier alpha value is -1.63. The zero-order valence-corrected chi connectivity index (χ0v) is 24.8. The van der Waals surface area contributed by atoms with Crippen molar-refractivity contribution in [1.82, 2.24) is 5.32 Å². The Morgan fingerprint density at radius 2 is 1.13 bits per heavy atom. The lowest BCUT2D eigenvalue weighted by molar-refractivity contribution is -0.150. The van der Waals surface area contributed by atoms with Crippen LogP contribution in [0.25, 0.3) is 0 Å². The van der Waals surface area contributed by atoms with Gasteiger partial charge in [0.25, 0.3) is 0 Å². The Morgan fingerprint density at radius 1 is 0.658 bits per heavy atom. The third kappa shape index (κ3) is 23.5. The average molecular weight is 541 g/mol. The summed E-state index contributed by atoms with van der Waals surface area (Å²) in [5.41, 5.74) is 5.45. The summed E-state index contributed by atoms with van der Waals surface area (Å²) in [5.74, 6) is -1.27. The summed E-state index contributed by atoms with van der Waals surface area (Å²) in [6.45, 7) is 4.86. The summed E-state index contributed by atoms with van der Waals surface area (Å²) < 4.78 is 5.90. The highest BCUT2D eigenvalue weighted by molar-refractivity contribution is 5.83. The van der Waals surface area contributed by atoms with Gasteiger partial charge < -0.3 is 20.9 Å². The van der Waals surface area contributed by atoms with Crippen molar-refractivity contribution in [2.45, 2.75) is 174 Å². The normalized spacial score (nSPS) is 12.7. The van der Waals surface area contributed by atoms with Crippen molar-refractivity contribution in [2.75, 3.05) is 6.54 Å². The Bertz CT molecular complexity index is 585. The van der Waals surface area contributed by atoms with Crippen LogP contribution >= 0.6 is 0 Å². The fraction of sp³-hybridized carbons (Fsp3) is 0.903. The highest BCUT2D eigenvalue weighted by Crippen LogP contribution is 2.18. The molecule has 0 aliphatic heterocycles. The first-order chi connectivity index (χ1) is 18.4. The summed E-state index contributed by atoms with van der Waals surface area (Å²) in [4.78, 5) is 35.8. The van der Waals surface area contributed by atoms with E-state index in [-0.39, 0.29) is 18.0 Å². The molecule has 38 heavy (non-hydrogen) atoms. The molecule has 0 rings (SSSR count). The van der Waals surface area contributed by atoms with Gasteiger partial charge in [0.2, 0.25) is 5.91 Å². The zero-order chi connectivity index (χ0) is 28.3. The monoisotopic (exact) mass is 540 g/mol. The van der Waals surface area contributed by atoms with Crippen molar-refractivity contribution < 1.29 is 24.2 Å². The Balaban J connectivity index is 4.25. The maximum atomic E-state index is 12.5. The number of ether oxygens (including phenoxy) is 1. The molecule has 0 saturated carbocycles. The number of carbonyl (C=O) groups is 3. The maximum absolute atomic E-state index is 12.5. The van der Waals surface area contributed by atoms with E-state index in [1.807, 2.05) is 0 Å². The maximum Gasteiger partial charge on any atom is 0.326 e. The van der Waals surface area contributed by atoms with E-state index in [1.165, 1.54) is 64.2 Å². The van der Waals surface area contributed by atoms with E-state index in [0.717, 1.165) is 57.8 Å². The number of nitrogens with two attached hydrogens (primary N) is 1. The fourth-order valence-electron chi connectivity index (χ4n) is 4.74. The van der Waals surface area contributed by atoms with E-state index in [4.69, 9.17) is 10.5 Å². The van der Waals surface area contributed by atoms with Gasteiger partial charge in [0, 0.05) is 12.8 Å². The Kier molecular flexibility index (Phi) is 25.8. The number of rotatable bonds is 28. The molecule has 0 heterocycles. The number of esters is 1. The number of carbonyl (C=O) groups excluding carboxylic acids is 2. The minimum absolute atomic E-state index is 0.000369. The van der Waals surface area contributed by atoms with Crippen molar-refractivity contribution in [3.05, 3.63) is 0 Å². The second-order valence-corrected chi connectivity index (χ2v) is 10.9. The Morgan fingerprint density at radius 3 is 1.63 bits per heavy atom. The highest BCUT2D eigenvalue weighted by atomic mass is 16.5. The molecule has 0 aliphatic carbocycles. The molecule has 224 valence electrons. The molecule has 4 N–H and O–H groups in total. The summed E-state index contributed by atoms with van der Waals surface area (Å²) in [7, 11) is 0. The van der Waals surface area contributed by atoms with Crippen LogP contribution in [0, 0.1) is 0 Å². The standard InChI is InChI=1S/C31H60N2O5/c1-3-5-7-9-11-13-19-25-30(35)38-27(21-16-12-10-8-6-4-2)22-17-14-15-18-24-29(34)33-28(31(36)37)23-20-26-32/h27-28H,3-26,32H2,1-2H3,(H,33,34)(H,36,37). The molecule has 0 aromatic heterocycles. The molecule has 2 atom stereocenters. The lowest BCUT2D eigenvalue weighted by Crippen LogP contribution is -2.40. The van der Waals surface area contributed by atoms with Crippen LogP contribution in [0.1, 0.15) is 162 Å². The molecule has 0 aromatic rings. The van der Waals surface area contributed by atoms with Crippen LogP contribution in [-0.2, 0) is 19.1 Å². The molecule has 0 spiro atoms. The molecule has 7 heteroatoms.